The van der Waals surface area contributed by atoms with E-state index in [4.69, 9.17) is 5.73 Å². The van der Waals surface area contributed by atoms with E-state index in [1.54, 1.807) is 0 Å². The van der Waals surface area contributed by atoms with Crippen molar-refractivity contribution in [2.24, 2.45) is 5.73 Å². The van der Waals surface area contributed by atoms with Crippen LogP contribution in [0.3, 0.4) is 0 Å². The van der Waals surface area contributed by atoms with E-state index < -0.39 is 0 Å². The first-order valence-corrected chi connectivity index (χ1v) is 5.46. The van der Waals surface area contributed by atoms with Gasteiger partial charge in [0.15, 0.2) is 0 Å². The molecule has 1 unspecified atom stereocenters. The molecule has 0 fully saturated rings. The number of phenolic OH excluding ortho intramolecular Hbond substituents is 1. The number of halogens is 1. The summed E-state index contributed by atoms with van der Waals surface area (Å²) in [5, 5.41) is 9.91. The fraction of sp³-hybridized carbons (Fsp3) is 0.455. The molecular formula is C11H16BrNO. The lowest BCUT2D eigenvalue weighted by molar-refractivity contribution is 0.461. The van der Waals surface area contributed by atoms with Crippen molar-refractivity contribution in [2.75, 3.05) is 0 Å². The third-order valence-electron chi connectivity index (χ3n) is 2.28. The zero-order valence-electron chi connectivity index (χ0n) is 8.76. The van der Waals surface area contributed by atoms with Gasteiger partial charge >= 0.3 is 0 Å². The van der Waals surface area contributed by atoms with Crippen molar-refractivity contribution in [1.82, 2.24) is 0 Å². The van der Waals surface area contributed by atoms with Crippen LogP contribution in [0.5, 0.6) is 5.75 Å². The minimum Gasteiger partial charge on any atom is -0.506 e. The summed E-state index contributed by atoms with van der Waals surface area (Å²) in [6, 6.07) is 2.12. The highest BCUT2D eigenvalue weighted by Gasteiger charge is 2.12. The third kappa shape index (κ3) is 2.28. The van der Waals surface area contributed by atoms with Crippen molar-refractivity contribution in [1.29, 1.82) is 0 Å². The first kappa shape index (κ1) is 11.5. The molecule has 0 bridgehead atoms. The molecule has 0 saturated heterocycles. The van der Waals surface area contributed by atoms with Gasteiger partial charge in [-0.25, -0.2) is 0 Å². The number of nitrogens with two attached hydrogens (primary N) is 1. The molecular weight excluding hydrogens is 242 g/mol. The molecule has 1 aromatic carbocycles. The van der Waals surface area contributed by atoms with Crippen LogP contribution in [0, 0.1) is 13.8 Å². The summed E-state index contributed by atoms with van der Waals surface area (Å²) in [4.78, 5) is 0. The predicted octanol–water partition coefficient (Wildman–Crippen LogP) is 2.66. The topological polar surface area (TPSA) is 46.2 Å². The number of aromatic hydroxyl groups is 1. The second kappa shape index (κ2) is 4.32. The van der Waals surface area contributed by atoms with Gasteiger partial charge in [0, 0.05) is 6.04 Å². The van der Waals surface area contributed by atoms with Crippen LogP contribution in [0.1, 0.15) is 23.6 Å². The molecule has 0 heterocycles. The summed E-state index contributed by atoms with van der Waals surface area (Å²) < 4.78 is 0.777. The fourth-order valence-electron chi connectivity index (χ4n) is 1.56. The Labute approximate surface area is 93.3 Å². The normalized spacial score (nSPS) is 12.9. The van der Waals surface area contributed by atoms with E-state index in [0.29, 0.717) is 12.2 Å². The maximum Gasteiger partial charge on any atom is 0.133 e. The molecule has 0 aliphatic heterocycles. The molecule has 2 nitrogen and oxygen atoms in total. The summed E-state index contributed by atoms with van der Waals surface area (Å²) >= 11 is 3.36. The van der Waals surface area contributed by atoms with E-state index in [0.717, 1.165) is 21.2 Å². The quantitative estimate of drug-likeness (QED) is 0.856. The summed E-state index contributed by atoms with van der Waals surface area (Å²) in [6.45, 7) is 5.90. The van der Waals surface area contributed by atoms with Crippen LogP contribution < -0.4 is 5.73 Å². The van der Waals surface area contributed by atoms with Gasteiger partial charge in [-0.05, 0) is 59.8 Å². The van der Waals surface area contributed by atoms with Gasteiger partial charge in [-0.15, -0.1) is 0 Å². The highest BCUT2D eigenvalue weighted by Crippen LogP contribution is 2.33. The number of phenols is 1. The van der Waals surface area contributed by atoms with Crippen molar-refractivity contribution in [3.05, 3.63) is 27.2 Å². The smallest absolute Gasteiger partial charge is 0.133 e. The first-order valence-electron chi connectivity index (χ1n) is 4.66. The minimum absolute atomic E-state index is 0.0641. The van der Waals surface area contributed by atoms with Crippen LogP contribution in [0.15, 0.2) is 10.5 Å². The van der Waals surface area contributed by atoms with Gasteiger partial charge in [-0.1, -0.05) is 6.07 Å². The van der Waals surface area contributed by atoms with Gasteiger partial charge in [-0.2, -0.15) is 0 Å². The highest BCUT2D eigenvalue weighted by atomic mass is 79.9. The molecule has 0 spiro atoms. The number of hydrogen-bond acceptors (Lipinski definition) is 2. The van der Waals surface area contributed by atoms with Gasteiger partial charge in [-0.3, -0.25) is 0 Å². The molecule has 3 heteroatoms. The zero-order chi connectivity index (χ0) is 10.9. The Hall–Kier alpha value is -0.540. The Morgan fingerprint density at radius 2 is 2.00 bits per heavy atom. The SMILES string of the molecule is Cc1cc(C)c(CC(C)N)c(O)c1Br. The number of aryl methyl sites for hydroxylation is 2. The lowest BCUT2D eigenvalue weighted by atomic mass is 9.99. The Bertz CT molecular complexity index is 348. The molecule has 0 radical (unpaired) electrons. The highest BCUT2D eigenvalue weighted by molar-refractivity contribution is 9.10. The van der Waals surface area contributed by atoms with E-state index in [1.165, 1.54) is 0 Å². The third-order valence-corrected chi connectivity index (χ3v) is 3.28. The van der Waals surface area contributed by atoms with Crippen LogP contribution in [-0.2, 0) is 6.42 Å². The average molecular weight is 258 g/mol. The largest absolute Gasteiger partial charge is 0.506 e. The maximum absolute atomic E-state index is 9.91. The van der Waals surface area contributed by atoms with Crippen LogP contribution in [0.4, 0.5) is 0 Å². The standard InChI is InChI=1S/C11H16BrNO/c1-6-4-7(2)10(12)11(14)9(6)5-8(3)13/h4,8,14H,5,13H2,1-3H3. The number of rotatable bonds is 2. The average Bonchev–Trinajstić information content (AvgIpc) is 2.09. The van der Waals surface area contributed by atoms with Crippen molar-refractivity contribution >= 4 is 15.9 Å². The van der Waals surface area contributed by atoms with E-state index in [9.17, 15) is 5.11 Å². The van der Waals surface area contributed by atoms with E-state index in [2.05, 4.69) is 22.0 Å². The molecule has 78 valence electrons. The molecule has 0 aliphatic rings. The van der Waals surface area contributed by atoms with Crippen LogP contribution in [0.2, 0.25) is 0 Å². The molecule has 0 aliphatic carbocycles. The lowest BCUT2D eigenvalue weighted by Gasteiger charge is -2.14. The summed E-state index contributed by atoms with van der Waals surface area (Å²) in [5.41, 5.74) is 8.81. The van der Waals surface area contributed by atoms with Crippen LogP contribution in [-0.4, -0.2) is 11.1 Å². The second-order valence-electron chi connectivity index (χ2n) is 3.83. The molecule has 1 rings (SSSR count). The van der Waals surface area contributed by atoms with Gasteiger partial charge < -0.3 is 10.8 Å². The van der Waals surface area contributed by atoms with Crippen LogP contribution in [0.25, 0.3) is 0 Å². The van der Waals surface area contributed by atoms with E-state index >= 15 is 0 Å². The van der Waals surface area contributed by atoms with Gasteiger partial charge in [0.1, 0.15) is 5.75 Å². The second-order valence-corrected chi connectivity index (χ2v) is 4.63. The molecule has 0 amide bonds. The minimum atomic E-state index is 0.0641. The summed E-state index contributed by atoms with van der Waals surface area (Å²) in [6.07, 6.45) is 0.705. The predicted molar refractivity (Wildman–Crippen MR) is 62.6 cm³/mol. The Kier molecular flexibility index (Phi) is 3.56. The fourth-order valence-corrected chi connectivity index (χ4v) is 1.91. The molecule has 1 atom stereocenters. The lowest BCUT2D eigenvalue weighted by Crippen LogP contribution is -2.18. The van der Waals surface area contributed by atoms with Gasteiger partial charge in [0.25, 0.3) is 0 Å². The first-order chi connectivity index (χ1) is 6.43. The monoisotopic (exact) mass is 257 g/mol. The van der Waals surface area contributed by atoms with Crippen LogP contribution >= 0.6 is 15.9 Å². The van der Waals surface area contributed by atoms with Crippen molar-refractivity contribution in [2.45, 2.75) is 33.2 Å². The molecule has 0 saturated carbocycles. The number of benzene rings is 1. The van der Waals surface area contributed by atoms with Crippen molar-refractivity contribution in [3.63, 3.8) is 0 Å². The molecule has 1 aromatic rings. The van der Waals surface area contributed by atoms with Crippen molar-refractivity contribution in [3.8, 4) is 5.75 Å². The number of hydrogen-bond donors (Lipinski definition) is 2. The maximum atomic E-state index is 9.91. The molecule has 14 heavy (non-hydrogen) atoms. The van der Waals surface area contributed by atoms with Gasteiger partial charge in [0.05, 0.1) is 4.47 Å². The Morgan fingerprint density at radius 3 is 2.50 bits per heavy atom. The summed E-state index contributed by atoms with van der Waals surface area (Å²) in [5.74, 6) is 0.333. The summed E-state index contributed by atoms with van der Waals surface area (Å²) in [7, 11) is 0. The van der Waals surface area contributed by atoms with Gasteiger partial charge in [0.2, 0.25) is 0 Å². The Balaban J connectivity index is 3.22. The molecule has 0 aromatic heterocycles. The Morgan fingerprint density at radius 1 is 1.43 bits per heavy atom. The van der Waals surface area contributed by atoms with E-state index in [-0.39, 0.29) is 6.04 Å². The van der Waals surface area contributed by atoms with E-state index in [1.807, 2.05) is 20.8 Å². The van der Waals surface area contributed by atoms with Crippen molar-refractivity contribution < 1.29 is 5.11 Å². The molecule has 3 N–H and O–H groups in total. The zero-order valence-corrected chi connectivity index (χ0v) is 10.4.